The van der Waals surface area contributed by atoms with E-state index in [2.05, 4.69) is 10.7 Å². The highest BCUT2D eigenvalue weighted by Crippen LogP contribution is 2.26. The van der Waals surface area contributed by atoms with Crippen LogP contribution in [0.5, 0.6) is 0 Å². The Morgan fingerprint density at radius 3 is 2.29 bits per heavy atom. The van der Waals surface area contributed by atoms with Crippen LogP contribution in [0.1, 0.15) is 36.0 Å². The highest BCUT2D eigenvalue weighted by Gasteiger charge is 2.29. The third-order valence-electron chi connectivity index (χ3n) is 4.42. The number of amides is 3. The van der Waals surface area contributed by atoms with Gasteiger partial charge in [-0.1, -0.05) is 36.0 Å². The van der Waals surface area contributed by atoms with Gasteiger partial charge in [-0.05, 0) is 43.2 Å². The third-order valence-corrected chi connectivity index (χ3v) is 4.85. The Morgan fingerprint density at radius 2 is 1.64 bits per heavy atom. The molecule has 0 radical (unpaired) electrons. The maximum Gasteiger partial charge on any atom is 0.338 e. The first kappa shape index (κ1) is 20.4. The molecular formula is C19H17Cl2F2N3O2. The van der Waals surface area contributed by atoms with Crippen molar-refractivity contribution in [3.8, 4) is 0 Å². The van der Waals surface area contributed by atoms with Gasteiger partial charge in [0.25, 0.3) is 5.91 Å². The molecule has 2 aromatic rings. The summed E-state index contributed by atoms with van der Waals surface area (Å²) in [6.45, 7) is 0. The van der Waals surface area contributed by atoms with Crippen molar-refractivity contribution in [3.05, 3.63) is 63.6 Å². The molecule has 0 bridgehead atoms. The summed E-state index contributed by atoms with van der Waals surface area (Å²) >= 11 is 11.9. The van der Waals surface area contributed by atoms with Crippen LogP contribution >= 0.6 is 23.2 Å². The molecule has 0 heterocycles. The number of rotatable bonds is 3. The van der Waals surface area contributed by atoms with Crippen LogP contribution in [-0.4, -0.2) is 23.0 Å². The number of hydrogen-bond donors (Lipinski definition) is 2. The lowest BCUT2D eigenvalue weighted by atomic mass is 10.1. The van der Waals surface area contributed by atoms with Crippen molar-refractivity contribution in [2.45, 2.75) is 31.7 Å². The topological polar surface area (TPSA) is 61.4 Å². The van der Waals surface area contributed by atoms with E-state index in [-0.39, 0.29) is 27.3 Å². The lowest BCUT2D eigenvalue weighted by Gasteiger charge is -2.29. The molecule has 148 valence electrons. The van der Waals surface area contributed by atoms with Crippen molar-refractivity contribution in [2.75, 3.05) is 5.32 Å². The van der Waals surface area contributed by atoms with Gasteiger partial charge < -0.3 is 5.32 Å². The van der Waals surface area contributed by atoms with E-state index in [4.69, 9.17) is 23.2 Å². The number of nitrogens with zero attached hydrogens (tertiary/aromatic N) is 1. The van der Waals surface area contributed by atoms with Crippen LogP contribution in [0.3, 0.4) is 0 Å². The molecule has 3 rings (SSSR count). The molecular weight excluding hydrogens is 411 g/mol. The van der Waals surface area contributed by atoms with Crippen LogP contribution in [-0.2, 0) is 0 Å². The van der Waals surface area contributed by atoms with Crippen LogP contribution in [0.25, 0.3) is 0 Å². The number of anilines is 1. The molecule has 0 saturated heterocycles. The van der Waals surface area contributed by atoms with Crippen LogP contribution < -0.4 is 10.7 Å². The second-order valence-corrected chi connectivity index (χ2v) is 7.33. The Hall–Kier alpha value is -2.38. The zero-order chi connectivity index (χ0) is 20.3. The molecule has 3 amide bonds. The number of carbonyl (C=O) groups excluding carboxylic acids is 2. The first-order valence-electron chi connectivity index (χ1n) is 8.66. The number of urea groups is 1. The predicted molar refractivity (Wildman–Crippen MR) is 103 cm³/mol. The Morgan fingerprint density at radius 1 is 1.00 bits per heavy atom. The number of nitrogens with one attached hydrogen (secondary N) is 2. The van der Waals surface area contributed by atoms with Gasteiger partial charge >= 0.3 is 6.03 Å². The summed E-state index contributed by atoms with van der Waals surface area (Å²) in [6, 6.07) is 5.99. The molecule has 0 aromatic heterocycles. The van der Waals surface area contributed by atoms with E-state index in [0.717, 1.165) is 31.0 Å². The fraction of sp³-hybridized carbons (Fsp3) is 0.263. The normalized spacial score (nSPS) is 14.0. The van der Waals surface area contributed by atoms with Crippen LogP contribution in [0, 0.1) is 11.6 Å². The van der Waals surface area contributed by atoms with Gasteiger partial charge in [0, 0.05) is 21.7 Å². The number of hydrogen-bond acceptors (Lipinski definition) is 2. The summed E-state index contributed by atoms with van der Waals surface area (Å²) in [5, 5.41) is 3.99. The molecule has 28 heavy (non-hydrogen) atoms. The second kappa shape index (κ2) is 8.75. The number of carbonyl (C=O) groups is 2. The molecule has 0 aliphatic heterocycles. The molecule has 2 N–H and O–H groups in total. The second-order valence-electron chi connectivity index (χ2n) is 6.46. The SMILES string of the molecule is O=C(Nc1cc(F)ccc1F)NN(C(=O)c1cc(Cl)cc(Cl)c1)C1CCCC1. The van der Waals surface area contributed by atoms with Gasteiger partial charge in [0.2, 0.25) is 0 Å². The molecule has 0 atom stereocenters. The van der Waals surface area contributed by atoms with E-state index in [0.29, 0.717) is 12.8 Å². The van der Waals surface area contributed by atoms with Crippen LogP contribution in [0.2, 0.25) is 10.0 Å². The Kier molecular flexibility index (Phi) is 6.36. The Balaban J connectivity index is 1.80. The first-order chi connectivity index (χ1) is 13.3. The monoisotopic (exact) mass is 427 g/mol. The molecule has 1 fully saturated rings. The fourth-order valence-corrected chi connectivity index (χ4v) is 3.67. The molecule has 9 heteroatoms. The minimum atomic E-state index is -0.863. The van der Waals surface area contributed by atoms with E-state index in [9.17, 15) is 18.4 Å². The zero-order valence-corrected chi connectivity index (χ0v) is 16.2. The molecule has 0 unspecified atom stereocenters. The summed E-state index contributed by atoms with van der Waals surface area (Å²) in [4.78, 5) is 25.3. The van der Waals surface area contributed by atoms with E-state index in [1.165, 1.54) is 23.2 Å². The van der Waals surface area contributed by atoms with E-state index in [1.807, 2.05) is 0 Å². The van der Waals surface area contributed by atoms with Crippen molar-refractivity contribution >= 4 is 40.8 Å². The molecule has 1 aliphatic carbocycles. The summed E-state index contributed by atoms with van der Waals surface area (Å²) in [5.41, 5.74) is 2.33. The smallest absolute Gasteiger partial charge is 0.304 e. The molecule has 1 aliphatic rings. The van der Waals surface area contributed by atoms with E-state index in [1.54, 1.807) is 0 Å². The standard InChI is InChI=1S/C19H17Cl2F2N3O2/c20-12-7-11(8-13(21)9-12)18(27)26(15-3-1-2-4-15)25-19(28)24-17-10-14(22)5-6-16(17)23/h5-10,15H,1-4H2,(H2,24,25,28). The Labute approximate surface area is 170 Å². The molecule has 1 saturated carbocycles. The largest absolute Gasteiger partial charge is 0.338 e. The highest BCUT2D eigenvalue weighted by atomic mass is 35.5. The molecule has 2 aromatic carbocycles. The van der Waals surface area contributed by atoms with Gasteiger partial charge in [0.15, 0.2) is 0 Å². The average Bonchev–Trinajstić information content (AvgIpc) is 3.16. The van der Waals surface area contributed by atoms with Gasteiger partial charge in [-0.2, -0.15) is 0 Å². The number of benzene rings is 2. The number of hydrazine groups is 1. The van der Waals surface area contributed by atoms with Crippen LogP contribution in [0.4, 0.5) is 19.3 Å². The van der Waals surface area contributed by atoms with Gasteiger partial charge in [-0.3, -0.25) is 4.79 Å². The minimum Gasteiger partial charge on any atom is -0.304 e. The maximum atomic E-state index is 13.8. The predicted octanol–water partition coefficient (Wildman–Crippen LogP) is 5.39. The van der Waals surface area contributed by atoms with Gasteiger partial charge in [0.05, 0.1) is 11.7 Å². The summed E-state index contributed by atoms with van der Waals surface area (Å²) in [6.07, 6.45) is 3.22. The average molecular weight is 428 g/mol. The van der Waals surface area contributed by atoms with E-state index >= 15 is 0 Å². The lowest BCUT2D eigenvalue weighted by Crippen LogP contribution is -2.52. The molecule has 5 nitrogen and oxygen atoms in total. The Bertz CT molecular complexity index is 884. The van der Waals surface area contributed by atoms with E-state index < -0.39 is 23.6 Å². The highest BCUT2D eigenvalue weighted by molar-refractivity contribution is 6.35. The zero-order valence-electron chi connectivity index (χ0n) is 14.6. The fourth-order valence-electron chi connectivity index (χ4n) is 3.14. The lowest BCUT2D eigenvalue weighted by molar-refractivity contribution is 0.0590. The van der Waals surface area contributed by atoms with Gasteiger partial charge in [-0.15, -0.1) is 0 Å². The van der Waals surface area contributed by atoms with Crippen molar-refractivity contribution in [2.24, 2.45) is 0 Å². The summed E-state index contributed by atoms with van der Waals surface area (Å²) < 4.78 is 27.1. The first-order valence-corrected chi connectivity index (χ1v) is 9.41. The third kappa shape index (κ3) is 4.91. The van der Waals surface area contributed by atoms with Crippen molar-refractivity contribution in [3.63, 3.8) is 0 Å². The van der Waals surface area contributed by atoms with Crippen molar-refractivity contribution < 1.29 is 18.4 Å². The van der Waals surface area contributed by atoms with Gasteiger partial charge in [-0.25, -0.2) is 24.0 Å². The van der Waals surface area contributed by atoms with Crippen molar-refractivity contribution in [1.82, 2.24) is 10.4 Å². The van der Waals surface area contributed by atoms with Crippen molar-refractivity contribution in [1.29, 1.82) is 0 Å². The van der Waals surface area contributed by atoms with Gasteiger partial charge in [0.1, 0.15) is 11.6 Å². The maximum absolute atomic E-state index is 13.8. The summed E-state index contributed by atoms with van der Waals surface area (Å²) in [5.74, 6) is -1.99. The summed E-state index contributed by atoms with van der Waals surface area (Å²) in [7, 11) is 0. The molecule has 0 spiro atoms. The number of halogens is 4. The quantitative estimate of drug-likeness (QED) is 0.644. The van der Waals surface area contributed by atoms with Crippen LogP contribution in [0.15, 0.2) is 36.4 Å². The minimum absolute atomic E-state index is 0.210.